The van der Waals surface area contributed by atoms with Crippen molar-refractivity contribution in [1.82, 2.24) is 14.9 Å². The highest BCUT2D eigenvalue weighted by molar-refractivity contribution is 6.02. The van der Waals surface area contributed by atoms with E-state index in [1.807, 2.05) is 29.3 Å². The number of nitrogens with one attached hydrogen (secondary N) is 2. The average molecular weight is 580 g/mol. The molecule has 3 heterocycles. The lowest BCUT2D eigenvalue weighted by atomic mass is 10.0. The second-order valence-electron chi connectivity index (χ2n) is 11.1. The van der Waals surface area contributed by atoms with Crippen molar-refractivity contribution in [1.29, 1.82) is 0 Å². The molecule has 2 aliphatic heterocycles. The van der Waals surface area contributed by atoms with Crippen molar-refractivity contribution < 1.29 is 14.4 Å². The summed E-state index contributed by atoms with van der Waals surface area (Å²) < 4.78 is 5.81. The number of ether oxygens (including phenoxy) is 1. The molecule has 0 aliphatic carbocycles. The fourth-order valence-electron chi connectivity index (χ4n) is 5.85. The molecule has 10 heteroatoms. The number of benzene rings is 3. The predicted octanol–water partition coefficient (Wildman–Crippen LogP) is 5.53. The van der Waals surface area contributed by atoms with Crippen molar-refractivity contribution in [2.24, 2.45) is 0 Å². The third-order valence-corrected chi connectivity index (χ3v) is 8.20. The molecule has 0 saturated carbocycles. The zero-order valence-electron chi connectivity index (χ0n) is 24.8. The number of nitrogens with zero attached hydrogens (tertiary/aromatic N) is 5. The molecule has 0 bridgehead atoms. The molecule has 0 spiro atoms. The standard InChI is InChI=1S/C33H37N7O3/c1-5-33(41)37-26-17-27(30(42-4)18-29(26)39-14-12-25(20-39)38(2)3)36-31-19-32(35-21-34-31)40-28(13-15-43-40)24-11-10-22-8-6-7-9-23(22)16-24/h5-11,16-19,21,25,28H,1,12-15,20H2,2-4H3,(H,37,41)(H,34,35,36)/t25-,28-/m1/s1. The van der Waals surface area contributed by atoms with Crippen LogP contribution in [-0.2, 0) is 9.63 Å². The first-order valence-corrected chi connectivity index (χ1v) is 14.5. The minimum atomic E-state index is -0.282. The van der Waals surface area contributed by atoms with Gasteiger partial charge >= 0.3 is 0 Å². The summed E-state index contributed by atoms with van der Waals surface area (Å²) in [6, 6.07) is 21.0. The van der Waals surface area contributed by atoms with Gasteiger partial charge in [-0.3, -0.25) is 9.63 Å². The Hall–Kier alpha value is -4.67. The number of anilines is 5. The molecule has 2 fully saturated rings. The Morgan fingerprint density at radius 2 is 1.91 bits per heavy atom. The molecule has 3 aromatic carbocycles. The maximum Gasteiger partial charge on any atom is 0.247 e. The maximum absolute atomic E-state index is 12.4. The molecule has 0 unspecified atom stereocenters. The lowest BCUT2D eigenvalue weighted by Gasteiger charge is -2.26. The Morgan fingerprint density at radius 3 is 2.67 bits per heavy atom. The van der Waals surface area contributed by atoms with Gasteiger partial charge in [0.1, 0.15) is 17.9 Å². The second-order valence-corrected chi connectivity index (χ2v) is 11.1. The van der Waals surface area contributed by atoms with Crippen molar-refractivity contribution in [2.75, 3.05) is 61.5 Å². The first-order chi connectivity index (χ1) is 20.9. The average Bonchev–Trinajstić information content (AvgIpc) is 3.72. The SMILES string of the molecule is C=CC(=O)Nc1cc(Nc2cc(N3OCC[C@@H]3c3ccc4ccccc4c3)ncn2)c(OC)cc1N1CC[C@@H](N(C)C)C1. The quantitative estimate of drug-likeness (QED) is 0.248. The zero-order valence-corrected chi connectivity index (χ0v) is 24.8. The van der Waals surface area contributed by atoms with Gasteiger partial charge in [-0.2, -0.15) is 0 Å². The predicted molar refractivity (Wildman–Crippen MR) is 171 cm³/mol. The monoisotopic (exact) mass is 579 g/mol. The van der Waals surface area contributed by atoms with Gasteiger partial charge in [-0.05, 0) is 55.1 Å². The number of fused-ring (bicyclic) bond motifs is 1. The summed E-state index contributed by atoms with van der Waals surface area (Å²) >= 11 is 0. The molecule has 6 rings (SSSR count). The molecule has 10 nitrogen and oxygen atoms in total. The van der Waals surface area contributed by atoms with Crippen LogP contribution >= 0.6 is 0 Å². The molecular formula is C33H37N7O3. The summed E-state index contributed by atoms with van der Waals surface area (Å²) in [5, 5.41) is 10.6. The highest BCUT2D eigenvalue weighted by Crippen LogP contribution is 2.41. The van der Waals surface area contributed by atoms with Crippen LogP contribution in [0.4, 0.5) is 28.7 Å². The molecule has 2 saturated heterocycles. The Balaban J connectivity index is 1.28. The van der Waals surface area contributed by atoms with Gasteiger partial charge < -0.3 is 25.2 Å². The first kappa shape index (κ1) is 28.4. The maximum atomic E-state index is 12.4. The van der Waals surface area contributed by atoms with Crippen LogP contribution in [0.1, 0.15) is 24.4 Å². The number of hydrogen-bond donors (Lipinski definition) is 2. The fourth-order valence-corrected chi connectivity index (χ4v) is 5.85. The van der Waals surface area contributed by atoms with E-state index < -0.39 is 0 Å². The van der Waals surface area contributed by atoms with Gasteiger partial charge in [0.25, 0.3) is 0 Å². The van der Waals surface area contributed by atoms with Crippen LogP contribution in [0.25, 0.3) is 10.8 Å². The van der Waals surface area contributed by atoms with E-state index in [0.29, 0.717) is 41.4 Å². The van der Waals surface area contributed by atoms with Gasteiger partial charge in [0.05, 0.1) is 36.8 Å². The van der Waals surface area contributed by atoms with E-state index in [1.165, 1.54) is 28.7 Å². The lowest BCUT2D eigenvalue weighted by molar-refractivity contribution is -0.111. The van der Waals surface area contributed by atoms with E-state index in [4.69, 9.17) is 9.57 Å². The Labute approximate surface area is 251 Å². The third kappa shape index (κ3) is 5.97. The third-order valence-electron chi connectivity index (χ3n) is 8.20. The van der Waals surface area contributed by atoms with Crippen molar-refractivity contribution in [3.05, 3.63) is 85.2 Å². The second kappa shape index (κ2) is 12.3. The summed E-state index contributed by atoms with van der Waals surface area (Å²) in [5.74, 6) is 1.57. The van der Waals surface area contributed by atoms with Crippen molar-refractivity contribution in [2.45, 2.75) is 24.9 Å². The summed E-state index contributed by atoms with van der Waals surface area (Å²) in [5.41, 5.74) is 3.39. The zero-order chi connectivity index (χ0) is 29.9. The van der Waals surface area contributed by atoms with Crippen LogP contribution in [0.2, 0.25) is 0 Å². The van der Waals surface area contributed by atoms with Crippen LogP contribution < -0.4 is 25.3 Å². The van der Waals surface area contributed by atoms with Gasteiger partial charge in [-0.25, -0.2) is 15.0 Å². The van der Waals surface area contributed by atoms with E-state index in [1.54, 1.807) is 7.11 Å². The number of hydroxylamine groups is 1. The fraction of sp³-hybridized carbons (Fsp3) is 0.303. The lowest BCUT2D eigenvalue weighted by Crippen LogP contribution is -2.31. The van der Waals surface area contributed by atoms with E-state index >= 15 is 0 Å². The molecule has 43 heavy (non-hydrogen) atoms. The van der Waals surface area contributed by atoms with Gasteiger partial charge in [0.2, 0.25) is 5.91 Å². The number of methoxy groups -OCH3 is 1. The van der Waals surface area contributed by atoms with E-state index in [9.17, 15) is 4.79 Å². The topological polar surface area (TPSA) is 95.1 Å². The molecule has 1 amide bonds. The van der Waals surface area contributed by atoms with Crippen LogP contribution in [0.3, 0.4) is 0 Å². The minimum Gasteiger partial charge on any atom is -0.494 e. The van der Waals surface area contributed by atoms with E-state index in [0.717, 1.165) is 31.6 Å². The van der Waals surface area contributed by atoms with Gasteiger partial charge in [0.15, 0.2) is 5.82 Å². The molecule has 4 aromatic rings. The van der Waals surface area contributed by atoms with Gasteiger partial charge in [0, 0.05) is 37.7 Å². The molecular weight excluding hydrogens is 542 g/mol. The molecule has 222 valence electrons. The smallest absolute Gasteiger partial charge is 0.247 e. The van der Waals surface area contributed by atoms with Gasteiger partial charge in [-0.1, -0.05) is 43.0 Å². The number of aromatic nitrogens is 2. The van der Waals surface area contributed by atoms with E-state index in [2.05, 4.69) is 87.5 Å². The highest BCUT2D eigenvalue weighted by Gasteiger charge is 2.30. The largest absolute Gasteiger partial charge is 0.494 e. The van der Waals surface area contributed by atoms with E-state index in [-0.39, 0.29) is 11.9 Å². The van der Waals surface area contributed by atoms with Crippen molar-refractivity contribution in [3.8, 4) is 5.75 Å². The first-order valence-electron chi connectivity index (χ1n) is 14.5. The molecule has 0 radical (unpaired) electrons. The van der Waals surface area contributed by atoms with Crippen LogP contribution in [0, 0.1) is 0 Å². The molecule has 1 aromatic heterocycles. The Morgan fingerprint density at radius 1 is 1.07 bits per heavy atom. The molecule has 2 atom stereocenters. The summed E-state index contributed by atoms with van der Waals surface area (Å²) in [4.78, 5) is 32.0. The van der Waals surface area contributed by atoms with Crippen LogP contribution in [0.15, 0.2) is 79.6 Å². The molecule has 2 aliphatic rings. The molecule has 2 N–H and O–H groups in total. The van der Waals surface area contributed by atoms with Gasteiger partial charge in [-0.15, -0.1) is 0 Å². The number of hydrogen-bond acceptors (Lipinski definition) is 9. The minimum absolute atomic E-state index is 0.0216. The van der Waals surface area contributed by atoms with Crippen molar-refractivity contribution >= 4 is 45.4 Å². The van der Waals surface area contributed by atoms with Crippen molar-refractivity contribution in [3.63, 3.8) is 0 Å². The summed E-state index contributed by atoms with van der Waals surface area (Å²) in [7, 11) is 5.82. The van der Waals surface area contributed by atoms with Crippen LogP contribution in [-0.4, -0.2) is 67.7 Å². The Bertz CT molecular complexity index is 1640. The number of amides is 1. The highest BCUT2D eigenvalue weighted by atomic mass is 16.7. The summed E-state index contributed by atoms with van der Waals surface area (Å²) in [6.07, 6.45) is 4.67. The number of likely N-dealkylation sites (N-methyl/N-ethyl adjacent to an activating group) is 1. The Kier molecular flexibility index (Phi) is 8.13. The number of carbonyl (C=O) groups excluding carboxylic acids is 1. The normalized spacial score (nSPS) is 18.3. The van der Waals surface area contributed by atoms with Crippen LogP contribution in [0.5, 0.6) is 5.75 Å². The summed E-state index contributed by atoms with van der Waals surface area (Å²) in [6.45, 7) is 5.95. The number of carbonyl (C=O) groups is 1. The number of rotatable bonds is 9.